The molecule has 0 N–H and O–H groups in total. The van der Waals surface area contributed by atoms with Crippen molar-refractivity contribution >= 4 is 17.2 Å². The molecule has 0 aliphatic heterocycles. The second kappa shape index (κ2) is 7.44. The summed E-state index contributed by atoms with van der Waals surface area (Å²) < 4.78 is 10.7. The molecular formula is C17H23N3O3S. The van der Waals surface area contributed by atoms with Gasteiger partial charge in [-0.15, -0.1) is 11.3 Å². The number of thiazole rings is 1. The highest BCUT2D eigenvalue weighted by Gasteiger charge is 2.25. The van der Waals surface area contributed by atoms with E-state index in [1.54, 1.807) is 30.4 Å². The topological polar surface area (TPSA) is 68.5 Å². The van der Waals surface area contributed by atoms with Gasteiger partial charge in [0.05, 0.1) is 12.2 Å². The molecule has 0 radical (unpaired) electrons. The molecule has 6 nitrogen and oxygen atoms in total. The first-order valence-electron chi connectivity index (χ1n) is 8.30. The number of carbonyl (C=O) groups excluding carboxylic acids is 1. The van der Waals surface area contributed by atoms with Crippen LogP contribution in [0, 0.1) is 0 Å². The largest absolute Gasteiger partial charge is 0.375 e. The molecule has 1 aliphatic carbocycles. The highest BCUT2D eigenvalue weighted by molar-refractivity contribution is 7.09. The smallest absolute Gasteiger partial charge is 0.276 e. The van der Waals surface area contributed by atoms with E-state index < -0.39 is 0 Å². The van der Waals surface area contributed by atoms with Crippen LogP contribution in [0.15, 0.2) is 9.90 Å². The van der Waals surface area contributed by atoms with Gasteiger partial charge in [0, 0.05) is 31.5 Å². The first-order chi connectivity index (χ1) is 11.6. The fourth-order valence-electron chi connectivity index (χ4n) is 2.91. The molecule has 7 heteroatoms. The molecule has 0 spiro atoms. The summed E-state index contributed by atoms with van der Waals surface area (Å²) in [5, 5.41) is 6.94. The van der Waals surface area contributed by atoms with E-state index >= 15 is 0 Å². The molecule has 0 saturated carbocycles. The normalized spacial score (nSPS) is 15.6. The number of nitrogens with zero attached hydrogens (tertiary/aromatic N) is 3. The molecule has 2 aromatic heterocycles. The van der Waals surface area contributed by atoms with Gasteiger partial charge in [0.2, 0.25) is 0 Å². The van der Waals surface area contributed by atoms with Crippen LogP contribution in [-0.2, 0) is 24.1 Å². The lowest BCUT2D eigenvalue weighted by Crippen LogP contribution is -2.27. The minimum Gasteiger partial charge on any atom is -0.375 e. The molecule has 1 aliphatic rings. The Kier molecular flexibility index (Phi) is 5.30. The molecule has 1 amide bonds. The number of hydrogen-bond donors (Lipinski definition) is 0. The van der Waals surface area contributed by atoms with Crippen LogP contribution in [0.5, 0.6) is 0 Å². The monoisotopic (exact) mass is 349 g/mol. The van der Waals surface area contributed by atoms with Gasteiger partial charge in [0.1, 0.15) is 16.9 Å². The third kappa shape index (κ3) is 3.52. The van der Waals surface area contributed by atoms with Gasteiger partial charge < -0.3 is 14.2 Å². The van der Waals surface area contributed by atoms with E-state index in [2.05, 4.69) is 10.1 Å². The average Bonchev–Trinajstić information content (AvgIpc) is 3.14. The Morgan fingerprint density at radius 2 is 2.21 bits per heavy atom. The van der Waals surface area contributed by atoms with Gasteiger partial charge in [-0.3, -0.25) is 4.79 Å². The molecule has 1 atom stereocenters. The van der Waals surface area contributed by atoms with Crippen molar-refractivity contribution in [3.05, 3.63) is 33.1 Å². The molecule has 2 aromatic rings. The van der Waals surface area contributed by atoms with E-state index in [4.69, 9.17) is 9.26 Å². The first-order valence-corrected chi connectivity index (χ1v) is 9.18. The Bertz CT molecular complexity index is 710. The van der Waals surface area contributed by atoms with Gasteiger partial charge in [-0.2, -0.15) is 0 Å². The van der Waals surface area contributed by atoms with Gasteiger partial charge in [-0.25, -0.2) is 4.98 Å². The van der Waals surface area contributed by atoms with Gasteiger partial charge in [-0.1, -0.05) is 11.6 Å². The van der Waals surface area contributed by atoms with Gasteiger partial charge in [-0.05, 0) is 26.2 Å². The molecule has 130 valence electrons. The molecule has 0 aromatic carbocycles. The highest BCUT2D eigenvalue weighted by atomic mass is 32.1. The molecule has 24 heavy (non-hydrogen) atoms. The summed E-state index contributed by atoms with van der Waals surface area (Å²) in [5.74, 6) is 0.783. The predicted molar refractivity (Wildman–Crippen MR) is 91.1 cm³/mol. The third-order valence-electron chi connectivity index (χ3n) is 4.42. The molecule has 3 rings (SSSR count). The molecule has 0 unspecified atom stereocenters. The summed E-state index contributed by atoms with van der Waals surface area (Å²) in [5.41, 5.74) is 2.33. The molecule has 0 saturated heterocycles. The fraction of sp³-hybridized carbons (Fsp3) is 0.588. The SMILES string of the molecule is CO[C@H](C)c1nc(CN(C)C(=O)c2noc3c2CCCCC3)cs1. The van der Waals surface area contributed by atoms with Crippen LogP contribution < -0.4 is 0 Å². The van der Waals surface area contributed by atoms with Crippen molar-refractivity contribution in [3.8, 4) is 0 Å². The van der Waals surface area contributed by atoms with E-state index in [0.29, 0.717) is 12.2 Å². The Morgan fingerprint density at radius 3 is 3.00 bits per heavy atom. The zero-order chi connectivity index (χ0) is 17.1. The van der Waals surface area contributed by atoms with Crippen LogP contribution >= 0.6 is 11.3 Å². The van der Waals surface area contributed by atoms with Crippen molar-refractivity contribution in [1.82, 2.24) is 15.0 Å². The van der Waals surface area contributed by atoms with E-state index in [0.717, 1.165) is 47.7 Å². The van der Waals surface area contributed by atoms with Crippen LogP contribution in [0.3, 0.4) is 0 Å². The summed E-state index contributed by atoms with van der Waals surface area (Å²) in [7, 11) is 3.44. The van der Waals surface area contributed by atoms with Crippen LogP contribution in [0.2, 0.25) is 0 Å². The molecule has 2 heterocycles. The maximum Gasteiger partial charge on any atom is 0.276 e. The summed E-state index contributed by atoms with van der Waals surface area (Å²) in [6.45, 7) is 2.41. The van der Waals surface area contributed by atoms with Crippen molar-refractivity contribution in [2.45, 2.75) is 51.7 Å². The number of methoxy groups -OCH3 is 1. The molecule has 0 fully saturated rings. The quantitative estimate of drug-likeness (QED) is 0.774. The van der Waals surface area contributed by atoms with Crippen LogP contribution in [0.4, 0.5) is 0 Å². The van der Waals surface area contributed by atoms with Crippen LogP contribution in [0.25, 0.3) is 0 Å². The number of aromatic nitrogens is 2. The Hall–Kier alpha value is -1.73. The van der Waals surface area contributed by atoms with E-state index in [9.17, 15) is 4.79 Å². The van der Waals surface area contributed by atoms with Crippen molar-refractivity contribution < 1.29 is 14.1 Å². The zero-order valence-electron chi connectivity index (χ0n) is 14.4. The van der Waals surface area contributed by atoms with Crippen LogP contribution in [-0.4, -0.2) is 35.1 Å². The van der Waals surface area contributed by atoms with E-state index in [1.807, 2.05) is 12.3 Å². The first kappa shape index (κ1) is 17.1. The molecule has 0 bridgehead atoms. The van der Waals surface area contributed by atoms with Crippen LogP contribution in [0.1, 0.15) is 64.8 Å². The van der Waals surface area contributed by atoms with Crippen molar-refractivity contribution in [2.24, 2.45) is 0 Å². The number of hydrogen-bond acceptors (Lipinski definition) is 6. The average molecular weight is 349 g/mol. The minimum absolute atomic E-state index is 0.0314. The van der Waals surface area contributed by atoms with Gasteiger partial charge in [0.25, 0.3) is 5.91 Å². The Morgan fingerprint density at radius 1 is 1.42 bits per heavy atom. The Labute approximate surface area is 145 Å². The summed E-state index contributed by atoms with van der Waals surface area (Å²) >= 11 is 1.55. The number of ether oxygens (including phenoxy) is 1. The summed E-state index contributed by atoms with van der Waals surface area (Å²) in [4.78, 5) is 18.9. The maximum atomic E-state index is 12.7. The minimum atomic E-state index is -0.101. The number of rotatable bonds is 5. The summed E-state index contributed by atoms with van der Waals surface area (Å²) in [6, 6.07) is 0. The third-order valence-corrected chi connectivity index (χ3v) is 5.47. The van der Waals surface area contributed by atoms with E-state index in [1.165, 1.54) is 6.42 Å². The lowest BCUT2D eigenvalue weighted by molar-refractivity contribution is 0.0771. The number of fused-ring (bicyclic) bond motifs is 1. The lowest BCUT2D eigenvalue weighted by atomic mass is 10.1. The lowest BCUT2D eigenvalue weighted by Gasteiger charge is -2.15. The maximum absolute atomic E-state index is 12.7. The van der Waals surface area contributed by atoms with E-state index in [-0.39, 0.29) is 12.0 Å². The standard InChI is InChI=1S/C17H23N3O3S/c1-11(22-3)16-18-12(10-24-16)9-20(2)17(21)15-13-7-5-4-6-8-14(13)23-19-15/h10-11H,4-9H2,1-3H3/t11-/m1/s1. The molecular weight excluding hydrogens is 326 g/mol. The number of amides is 1. The van der Waals surface area contributed by atoms with Crippen molar-refractivity contribution in [3.63, 3.8) is 0 Å². The highest BCUT2D eigenvalue weighted by Crippen LogP contribution is 2.25. The van der Waals surface area contributed by atoms with Crippen molar-refractivity contribution in [1.29, 1.82) is 0 Å². The number of carbonyl (C=O) groups is 1. The number of aryl methyl sites for hydroxylation is 1. The predicted octanol–water partition coefficient (Wildman–Crippen LogP) is 3.38. The zero-order valence-corrected chi connectivity index (χ0v) is 15.2. The summed E-state index contributed by atoms with van der Waals surface area (Å²) in [6.07, 6.45) is 5.08. The second-order valence-electron chi connectivity index (χ2n) is 6.21. The second-order valence-corrected chi connectivity index (χ2v) is 7.10. The van der Waals surface area contributed by atoms with Crippen molar-refractivity contribution in [2.75, 3.05) is 14.2 Å². The fourth-order valence-corrected chi connectivity index (χ4v) is 3.75. The Balaban J connectivity index is 1.71. The van der Waals surface area contributed by atoms with Gasteiger partial charge in [0.15, 0.2) is 5.69 Å². The van der Waals surface area contributed by atoms with Gasteiger partial charge >= 0.3 is 0 Å².